The number of aliphatic hydroxyl groups is 2. The number of benzene rings is 1. The molecular weight excluding hydrogens is 849 g/mol. The topological polar surface area (TPSA) is 367 Å². The predicted molar refractivity (Wildman–Crippen MR) is 221 cm³/mol. The number of aliphatic hydroxyl groups excluding tert-OH is 2. The average molecular weight is 903 g/mol. The Hall–Kier alpha value is -5.98. The van der Waals surface area contributed by atoms with Crippen molar-refractivity contribution in [2.75, 3.05) is 25.4 Å². The standard InChI is InChI=1S/C39H54N10O13S/c1-5-16(2)31-36(59)42-12-29(54)43-26-15-63(62)38-22(21-7-6-19(51)8-23(21)46-38)10-24(33(56)41-13-30(55)47-31)44-37(60)32(17(3)18(4)50)48-35(58)27-9-20(52)14-49(27)39(61)25(11-28(40)53)45-34(26)57/h6-8,16-18,20,24-27,31-32,46,50-52H,5,9-15H2,1-4H3,(H2,40,53)(H,41,56)(H,42,59)(H,43,54)(H,44,60)(H,45,57)(H,47,55)(H,48,58)/t16-,17-,18-,20?,24?,25-,26?,27-,31-,32-,63+/m0/s1. The number of rotatable bonds is 6. The van der Waals surface area contributed by atoms with Gasteiger partial charge in [0.2, 0.25) is 58.2 Å². The van der Waals surface area contributed by atoms with Gasteiger partial charge in [0.15, 0.2) is 6.04 Å². The Morgan fingerprint density at radius 3 is 2.19 bits per heavy atom. The maximum absolute atomic E-state index is 14.6. The highest BCUT2D eigenvalue weighted by molar-refractivity contribution is 7.91. The number of H-pyrrole nitrogens is 1. The average Bonchev–Trinajstić information content (AvgIpc) is 3.80. The van der Waals surface area contributed by atoms with Gasteiger partial charge in [0.05, 0.1) is 37.2 Å². The van der Waals surface area contributed by atoms with Crippen LogP contribution < -0.4 is 43.0 Å². The first-order chi connectivity index (χ1) is 29.7. The molecule has 2 aromatic rings. The third-order valence-corrected chi connectivity index (χ3v) is 12.9. The summed E-state index contributed by atoms with van der Waals surface area (Å²) in [4.78, 5) is 127. The molecule has 1 fully saturated rings. The summed E-state index contributed by atoms with van der Waals surface area (Å²) in [6.07, 6.45) is -3.85. The van der Waals surface area contributed by atoms with E-state index in [0.717, 1.165) is 4.90 Å². The van der Waals surface area contributed by atoms with E-state index in [0.29, 0.717) is 11.8 Å². The molecule has 3 aliphatic heterocycles. The zero-order valence-electron chi connectivity index (χ0n) is 35.0. The van der Waals surface area contributed by atoms with Gasteiger partial charge in [0.1, 0.15) is 41.7 Å². The summed E-state index contributed by atoms with van der Waals surface area (Å²) in [5, 5.41) is 49.1. The van der Waals surface area contributed by atoms with E-state index in [1.165, 1.54) is 32.0 Å². The number of nitrogens with zero attached hydrogens (tertiary/aromatic N) is 1. The van der Waals surface area contributed by atoms with Crippen LogP contribution in [0.3, 0.4) is 0 Å². The van der Waals surface area contributed by atoms with Crippen molar-refractivity contribution in [3.05, 3.63) is 23.8 Å². The van der Waals surface area contributed by atoms with Crippen molar-refractivity contribution in [2.24, 2.45) is 17.6 Å². The van der Waals surface area contributed by atoms with E-state index in [-0.39, 0.29) is 28.3 Å². The number of nitrogens with one attached hydrogen (secondary N) is 8. The molecule has 3 unspecified atom stereocenters. The molecule has 4 heterocycles. The quantitative estimate of drug-likeness (QED) is 0.121. The van der Waals surface area contributed by atoms with E-state index >= 15 is 0 Å². The van der Waals surface area contributed by atoms with E-state index < -0.39 is 163 Å². The lowest BCUT2D eigenvalue weighted by molar-refractivity contribution is -0.144. The molecule has 1 aromatic carbocycles. The van der Waals surface area contributed by atoms with Crippen molar-refractivity contribution >= 4 is 75.2 Å². The molecule has 0 aliphatic carbocycles. The summed E-state index contributed by atoms with van der Waals surface area (Å²) in [6, 6.07) is -5.57. The van der Waals surface area contributed by atoms with Crippen molar-refractivity contribution in [1.82, 2.24) is 47.1 Å². The van der Waals surface area contributed by atoms with Crippen LogP contribution >= 0.6 is 0 Å². The molecule has 23 nitrogen and oxygen atoms in total. The van der Waals surface area contributed by atoms with E-state index in [2.05, 4.69) is 42.2 Å². The van der Waals surface area contributed by atoms with Crippen LogP contribution in [0.1, 0.15) is 52.5 Å². The summed E-state index contributed by atoms with van der Waals surface area (Å²) in [5.41, 5.74) is 5.80. The van der Waals surface area contributed by atoms with Crippen LogP contribution in [0, 0.1) is 11.8 Å². The molecule has 1 aromatic heterocycles. The zero-order chi connectivity index (χ0) is 46.4. The minimum absolute atomic E-state index is 0.117. The maximum atomic E-state index is 14.6. The molecule has 5 rings (SSSR count). The first kappa shape index (κ1) is 48.1. The van der Waals surface area contributed by atoms with Crippen LogP contribution in [0.4, 0.5) is 0 Å². The van der Waals surface area contributed by atoms with Crippen LogP contribution in [0.25, 0.3) is 10.9 Å². The fourth-order valence-electron chi connectivity index (χ4n) is 7.59. The van der Waals surface area contributed by atoms with Gasteiger partial charge in [-0.15, -0.1) is 0 Å². The fourth-order valence-corrected chi connectivity index (χ4v) is 8.99. The fraction of sp³-hybridized carbons (Fsp3) is 0.564. The second-order valence-corrected chi connectivity index (χ2v) is 17.6. The van der Waals surface area contributed by atoms with Crippen LogP contribution in [-0.4, -0.2) is 157 Å². The Bertz CT molecular complexity index is 2130. The molecule has 13 N–H and O–H groups in total. The Balaban J connectivity index is 1.72. The predicted octanol–water partition coefficient (Wildman–Crippen LogP) is -4.89. The highest BCUT2D eigenvalue weighted by Crippen LogP contribution is 2.31. The normalized spacial score (nSPS) is 28.8. The molecule has 11 atom stereocenters. The second-order valence-electron chi connectivity index (χ2n) is 16.1. The number of carbonyl (C=O) groups is 9. The number of amides is 9. The number of aromatic nitrogens is 1. The third kappa shape index (κ3) is 11.5. The molecular formula is C39H54N10O13S. The number of aromatic amines is 1. The van der Waals surface area contributed by atoms with Gasteiger partial charge < -0.3 is 72.7 Å². The molecule has 344 valence electrons. The van der Waals surface area contributed by atoms with Crippen molar-refractivity contribution in [3.8, 4) is 5.75 Å². The molecule has 0 spiro atoms. The van der Waals surface area contributed by atoms with Crippen molar-refractivity contribution in [3.63, 3.8) is 0 Å². The van der Waals surface area contributed by atoms with Crippen molar-refractivity contribution in [1.29, 1.82) is 0 Å². The van der Waals surface area contributed by atoms with Crippen molar-refractivity contribution < 1.29 is 63.0 Å². The molecule has 0 radical (unpaired) electrons. The van der Waals surface area contributed by atoms with Gasteiger partial charge in [-0.05, 0) is 25.0 Å². The molecule has 0 saturated carbocycles. The van der Waals surface area contributed by atoms with E-state index in [1.807, 2.05) is 0 Å². The van der Waals surface area contributed by atoms with E-state index in [4.69, 9.17) is 5.73 Å². The maximum Gasteiger partial charge on any atom is 0.248 e. The SMILES string of the molecule is CC[C@H](C)[C@@H]1NC(=O)CNC(=O)C2Cc3c([nH]c4cc(O)ccc34)[S@+]([O-])CC(NC(=O)CNC1=O)C(=O)N[C@@H](CC(N)=O)C(=O)N1CC(O)C[C@H]1C(=O)N[C@@H]([C@@H](C)[C@H](C)O)C(=O)N2. The van der Waals surface area contributed by atoms with Gasteiger partial charge >= 0.3 is 0 Å². The number of phenols is 1. The minimum Gasteiger partial charge on any atom is -0.610 e. The lowest BCUT2D eigenvalue weighted by Gasteiger charge is -2.32. The lowest BCUT2D eigenvalue weighted by Crippen LogP contribution is -2.62. The summed E-state index contributed by atoms with van der Waals surface area (Å²) >= 11 is -2.35. The number of phenolic OH excluding ortho intramolecular Hbond substituents is 1. The number of primary amides is 1. The number of hydrogen-bond donors (Lipinski definition) is 12. The Kier molecular flexibility index (Phi) is 15.6. The van der Waals surface area contributed by atoms with E-state index in [1.54, 1.807) is 13.8 Å². The second kappa shape index (κ2) is 20.5. The van der Waals surface area contributed by atoms with Gasteiger partial charge in [0.25, 0.3) is 0 Å². The Morgan fingerprint density at radius 1 is 0.873 bits per heavy atom. The first-order valence-corrected chi connectivity index (χ1v) is 21.7. The Morgan fingerprint density at radius 2 is 1.54 bits per heavy atom. The van der Waals surface area contributed by atoms with Crippen LogP contribution in [0.15, 0.2) is 23.2 Å². The smallest absolute Gasteiger partial charge is 0.248 e. The lowest BCUT2D eigenvalue weighted by atomic mass is 9.94. The first-order valence-electron chi connectivity index (χ1n) is 20.4. The van der Waals surface area contributed by atoms with Gasteiger partial charge in [-0.2, -0.15) is 0 Å². The van der Waals surface area contributed by atoms with Gasteiger partial charge in [-0.25, -0.2) is 0 Å². The highest BCUT2D eigenvalue weighted by atomic mass is 32.2. The Labute approximate surface area is 363 Å². The molecule has 1 saturated heterocycles. The van der Waals surface area contributed by atoms with Crippen LogP contribution in [0.5, 0.6) is 5.75 Å². The van der Waals surface area contributed by atoms with Gasteiger partial charge in [-0.1, -0.05) is 27.2 Å². The number of hydrogen-bond acceptors (Lipinski definition) is 13. The monoisotopic (exact) mass is 902 g/mol. The molecule has 2 bridgehead atoms. The van der Waals surface area contributed by atoms with Crippen LogP contribution in [-0.2, 0) is 60.7 Å². The third-order valence-electron chi connectivity index (χ3n) is 11.5. The van der Waals surface area contributed by atoms with Gasteiger partial charge in [-0.3, -0.25) is 43.2 Å². The number of nitrogens with two attached hydrogens (primary N) is 1. The molecule has 3 aliphatic rings. The van der Waals surface area contributed by atoms with Crippen molar-refractivity contribution in [2.45, 2.75) is 107 Å². The summed E-state index contributed by atoms with van der Waals surface area (Å²) in [7, 11) is 0. The number of carbonyl (C=O) groups excluding carboxylic acids is 9. The molecule has 24 heteroatoms. The minimum atomic E-state index is -2.35. The van der Waals surface area contributed by atoms with Gasteiger partial charge in [0, 0.05) is 53.5 Å². The molecule has 9 amide bonds. The summed E-state index contributed by atoms with van der Waals surface area (Å²) < 4.78 is 14.6. The zero-order valence-corrected chi connectivity index (χ0v) is 35.8. The van der Waals surface area contributed by atoms with Crippen LogP contribution in [0.2, 0.25) is 0 Å². The number of aromatic hydroxyl groups is 1. The molecule has 63 heavy (non-hydrogen) atoms. The summed E-state index contributed by atoms with van der Waals surface area (Å²) in [5.74, 6) is -11.4. The largest absolute Gasteiger partial charge is 0.610 e. The number of fused-ring (bicyclic) bond motifs is 5. The van der Waals surface area contributed by atoms with E-state index in [9.17, 15) is 63.0 Å². The summed E-state index contributed by atoms with van der Waals surface area (Å²) in [6.45, 7) is 4.23. The highest BCUT2D eigenvalue weighted by Gasteiger charge is 2.45.